The van der Waals surface area contributed by atoms with Crippen molar-refractivity contribution >= 4 is 12.0 Å². The number of para-hydroxylation sites is 1. The fourth-order valence-corrected chi connectivity index (χ4v) is 2.31. The molecule has 0 spiro atoms. The highest BCUT2D eigenvalue weighted by Crippen LogP contribution is 2.19. The number of aliphatic hydroxyl groups is 1. The highest BCUT2D eigenvalue weighted by molar-refractivity contribution is 5.91. The van der Waals surface area contributed by atoms with Crippen LogP contribution in [0.4, 0.5) is 4.39 Å². The van der Waals surface area contributed by atoms with E-state index in [2.05, 4.69) is 0 Å². The number of carbonyl (C=O) groups excluding carboxylic acids is 1. The third kappa shape index (κ3) is 4.93. The molecular formula is C19H20FNO3. The summed E-state index contributed by atoms with van der Waals surface area (Å²) in [5.74, 6) is 0.0624. The average molecular weight is 329 g/mol. The first kappa shape index (κ1) is 17.7. The van der Waals surface area contributed by atoms with Gasteiger partial charge in [0.1, 0.15) is 11.6 Å². The molecule has 0 aliphatic heterocycles. The summed E-state index contributed by atoms with van der Waals surface area (Å²) >= 11 is 0. The van der Waals surface area contributed by atoms with Crippen molar-refractivity contribution in [3.8, 4) is 5.75 Å². The molecule has 0 heterocycles. The molecule has 2 aromatic rings. The molecule has 24 heavy (non-hydrogen) atoms. The molecule has 5 heteroatoms. The summed E-state index contributed by atoms with van der Waals surface area (Å²) in [7, 11) is 1.57. The van der Waals surface area contributed by atoms with E-state index in [0.29, 0.717) is 17.9 Å². The van der Waals surface area contributed by atoms with E-state index in [-0.39, 0.29) is 24.9 Å². The molecule has 2 aromatic carbocycles. The second kappa shape index (κ2) is 8.84. The standard InChI is InChI=1S/C19H20FNO3/c1-24-18-8-3-2-6-16(18)14-21(11-12-22)19(23)10-9-15-5-4-7-17(20)13-15/h2-10,13,22H,11-12,14H2,1H3/b10-9+. The van der Waals surface area contributed by atoms with Crippen molar-refractivity contribution in [3.63, 3.8) is 0 Å². The van der Waals surface area contributed by atoms with Crippen molar-refractivity contribution in [2.24, 2.45) is 0 Å². The maximum atomic E-state index is 13.2. The Morgan fingerprint density at radius 3 is 2.75 bits per heavy atom. The van der Waals surface area contributed by atoms with Gasteiger partial charge in [-0.1, -0.05) is 30.3 Å². The summed E-state index contributed by atoms with van der Waals surface area (Å²) in [6.45, 7) is 0.371. The van der Waals surface area contributed by atoms with E-state index in [4.69, 9.17) is 4.74 Å². The number of rotatable bonds is 7. The van der Waals surface area contributed by atoms with E-state index in [1.165, 1.54) is 23.1 Å². The Morgan fingerprint density at radius 2 is 2.04 bits per heavy atom. The quantitative estimate of drug-likeness (QED) is 0.795. The van der Waals surface area contributed by atoms with Crippen LogP contribution in [0.1, 0.15) is 11.1 Å². The number of benzene rings is 2. The maximum absolute atomic E-state index is 13.2. The molecule has 0 unspecified atom stereocenters. The molecule has 0 aromatic heterocycles. The Morgan fingerprint density at radius 1 is 1.25 bits per heavy atom. The van der Waals surface area contributed by atoms with Crippen LogP contribution in [0.5, 0.6) is 5.75 Å². The zero-order valence-electron chi connectivity index (χ0n) is 13.5. The molecule has 0 aliphatic rings. The lowest BCUT2D eigenvalue weighted by Crippen LogP contribution is -2.31. The number of hydrogen-bond donors (Lipinski definition) is 1. The molecule has 0 bridgehead atoms. The Kier molecular flexibility index (Phi) is 6.51. The zero-order valence-corrected chi connectivity index (χ0v) is 13.5. The minimum absolute atomic E-state index is 0.144. The first-order valence-corrected chi connectivity index (χ1v) is 7.59. The molecule has 1 amide bonds. The molecular weight excluding hydrogens is 309 g/mol. The van der Waals surface area contributed by atoms with Gasteiger partial charge in [-0.05, 0) is 29.8 Å². The number of aliphatic hydroxyl groups excluding tert-OH is 1. The van der Waals surface area contributed by atoms with Crippen molar-refractivity contribution in [2.75, 3.05) is 20.3 Å². The van der Waals surface area contributed by atoms with Gasteiger partial charge in [-0.15, -0.1) is 0 Å². The smallest absolute Gasteiger partial charge is 0.246 e. The predicted molar refractivity (Wildman–Crippen MR) is 90.9 cm³/mol. The minimum atomic E-state index is -0.356. The fraction of sp³-hybridized carbons (Fsp3) is 0.211. The van der Waals surface area contributed by atoms with Gasteiger partial charge in [0.05, 0.1) is 13.7 Å². The van der Waals surface area contributed by atoms with Gasteiger partial charge in [-0.3, -0.25) is 4.79 Å². The van der Waals surface area contributed by atoms with Crippen molar-refractivity contribution in [2.45, 2.75) is 6.54 Å². The third-order valence-electron chi connectivity index (χ3n) is 3.50. The van der Waals surface area contributed by atoms with Crippen LogP contribution in [-0.2, 0) is 11.3 Å². The van der Waals surface area contributed by atoms with Gasteiger partial charge in [-0.2, -0.15) is 0 Å². The van der Waals surface area contributed by atoms with Crippen LogP contribution in [0.15, 0.2) is 54.6 Å². The number of amides is 1. The number of nitrogens with zero attached hydrogens (tertiary/aromatic N) is 1. The number of hydrogen-bond acceptors (Lipinski definition) is 3. The SMILES string of the molecule is COc1ccccc1CN(CCO)C(=O)/C=C/c1cccc(F)c1. The summed E-state index contributed by atoms with van der Waals surface area (Å²) in [4.78, 5) is 13.9. The van der Waals surface area contributed by atoms with Gasteiger partial charge in [0.25, 0.3) is 0 Å². The molecule has 1 N–H and O–H groups in total. The molecule has 0 fully saturated rings. The molecule has 4 nitrogen and oxygen atoms in total. The second-order valence-electron chi connectivity index (χ2n) is 5.18. The summed E-state index contributed by atoms with van der Waals surface area (Å²) in [6, 6.07) is 13.4. The summed E-state index contributed by atoms with van der Waals surface area (Å²) < 4.78 is 18.5. The van der Waals surface area contributed by atoms with Crippen LogP contribution in [0.25, 0.3) is 6.08 Å². The molecule has 0 atom stereocenters. The van der Waals surface area contributed by atoms with Gasteiger partial charge in [0.15, 0.2) is 0 Å². The Bertz CT molecular complexity index is 715. The van der Waals surface area contributed by atoms with Crippen molar-refractivity contribution in [3.05, 3.63) is 71.6 Å². The molecule has 0 saturated heterocycles. The lowest BCUT2D eigenvalue weighted by Gasteiger charge is -2.21. The number of halogens is 1. The zero-order chi connectivity index (χ0) is 17.4. The van der Waals surface area contributed by atoms with Crippen LogP contribution < -0.4 is 4.74 Å². The summed E-state index contributed by atoms with van der Waals surface area (Å²) in [5, 5.41) is 9.21. The Labute approximate surface area is 140 Å². The highest BCUT2D eigenvalue weighted by atomic mass is 19.1. The van der Waals surface area contributed by atoms with E-state index in [0.717, 1.165) is 5.56 Å². The van der Waals surface area contributed by atoms with Crippen molar-refractivity contribution in [1.29, 1.82) is 0 Å². The third-order valence-corrected chi connectivity index (χ3v) is 3.50. The first-order valence-electron chi connectivity index (χ1n) is 7.59. The van der Waals surface area contributed by atoms with E-state index in [1.807, 2.05) is 24.3 Å². The lowest BCUT2D eigenvalue weighted by molar-refractivity contribution is -0.127. The largest absolute Gasteiger partial charge is 0.496 e. The van der Waals surface area contributed by atoms with Gasteiger partial charge in [0, 0.05) is 24.7 Å². The maximum Gasteiger partial charge on any atom is 0.246 e. The van der Waals surface area contributed by atoms with E-state index < -0.39 is 0 Å². The number of ether oxygens (including phenoxy) is 1. The summed E-state index contributed by atoms with van der Waals surface area (Å²) in [5.41, 5.74) is 1.45. The predicted octanol–water partition coefficient (Wildman–Crippen LogP) is 2.87. The van der Waals surface area contributed by atoms with Gasteiger partial charge >= 0.3 is 0 Å². The summed E-state index contributed by atoms with van der Waals surface area (Å²) in [6.07, 6.45) is 2.93. The van der Waals surface area contributed by atoms with Crippen LogP contribution in [0.3, 0.4) is 0 Å². The van der Waals surface area contributed by atoms with Crippen LogP contribution in [0.2, 0.25) is 0 Å². The van der Waals surface area contributed by atoms with Crippen LogP contribution >= 0.6 is 0 Å². The van der Waals surface area contributed by atoms with Crippen LogP contribution in [-0.4, -0.2) is 36.2 Å². The molecule has 0 radical (unpaired) electrons. The number of methoxy groups -OCH3 is 1. The van der Waals surface area contributed by atoms with E-state index in [9.17, 15) is 14.3 Å². The first-order chi connectivity index (χ1) is 11.6. The lowest BCUT2D eigenvalue weighted by atomic mass is 10.1. The second-order valence-corrected chi connectivity index (χ2v) is 5.18. The normalized spacial score (nSPS) is 10.8. The molecule has 2 rings (SSSR count). The Balaban J connectivity index is 2.13. The van der Waals surface area contributed by atoms with Crippen molar-refractivity contribution < 1.29 is 19.0 Å². The van der Waals surface area contributed by atoms with Gasteiger partial charge < -0.3 is 14.7 Å². The minimum Gasteiger partial charge on any atom is -0.496 e. The highest BCUT2D eigenvalue weighted by Gasteiger charge is 2.13. The number of carbonyl (C=O) groups is 1. The Hall–Kier alpha value is -2.66. The van der Waals surface area contributed by atoms with Gasteiger partial charge in [0.2, 0.25) is 5.91 Å². The van der Waals surface area contributed by atoms with E-state index in [1.54, 1.807) is 25.3 Å². The van der Waals surface area contributed by atoms with E-state index >= 15 is 0 Å². The average Bonchev–Trinajstić information content (AvgIpc) is 2.60. The molecule has 0 saturated carbocycles. The monoisotopic (exact) mass is 329 g/mol. The van der Waals surface area contributed by atoms with Crippen LogP contribution in [0, 0.1) is 5.82 Å². The molecule has 126 valence electrons. The topological polar surface area (TPSA) is 49.8 Å². The molecule has 0 aliphatic carbocycles. The van der Waals surface area contributed by atoms with Gasteiger partial charge in [-0.25, -0.2) is 4.39 Å². The van der Waals surface area contributed by atoms with Crippen molar-refractivity contribution in [1.82, 2.24) is 4.90 Å². The fourth-order valence-electron chi connectivity index (χ4n) is 2.31.